The number of hydrogen-bond donors (Lipinski definition) is 1. The number of benzene rings is 4. The molecule has 4 aromatic carbocycles. The molecule has 0 aliphatic carbocycles. The first-order valence-corrected chi connectivity index (χ1v) is 19.7. The van der Waals surface area contributed by atoms with E-state index in [1.54, 1.807) is 13.4 Å². The lowest BCUT2D eigenvalue weighted by atomic mass is 10.1. The molecule has 8 heteroatoms. The van der Waals surface area contributed by atoms with Gasteiger partial charge < -0.3 is 19.4 Å². The van der Waals surface area contributed by atoms with Gasteiger partial charge in [0.05, 0.1) is 12.7 Å². The molecule has 1 N–H and O–H groups in total. The molecule has 2 heterocycles. The number of ether oxygens (including phenoxy) is 1. The number of nitrogens with zero attached hydrogens (tertiary/aromatic N) is 4. The standard InChI is InChI=1S/C42H51N5O2Si/c1-42(2,3)50(37-18-10-6-11-19-37,38-20-12-7-13-21-38)49-29-28-46-26-14-15-27-47(31-35-16-8-5-9-17-35)41-39(32-46)40(44-33-45-41)43-30-34-22-24-36(48-4)25-23-34/h5-13,16-25,33H,14-15,26-32H2,1-4H3,(H,43,44,45). The molecule has 5 aromatic rings. The Morgan fingerprint density at radius 2 is 1.36 bits per heavy atom. The van der Waals surface area contributed by atoms with E-state index in [4.69, 9.17) is 19.1 Å². The molecule has 0 unspecified atom stereocenters. The zero-order chi connectivity index (χ0) is 34.8. The smallest absolute Gasteiger partial charge is 0.261 e. The van der Waals surface area contributed by atoms with Gasteiger partial charge in [-0.25, -0.2) is 9.97 Å². The fraction of sp³-hybridized carbons (Fsp3) is 0.333. The lowest BCUT2D eigenvalue weighted by molar-refractivity contribution is 0.194. The number of hydrogen-bond acceptors (Lipinski definition) is 7. The molecule has 0 saturated carbocycles. The topological polar surface area (TPSA) is 62.8 Å². The largest absolute Gasteiger partial charge is 0.497 e. The summed E-state index contributed by atoms with van der Waals surface area (Å²) in [5.74, 6) is 2.73. The summed E-state index contributed by atoms with van der Waals surface area (Å²) < 4.78 is 12.7. The van der Waals surface area contributed by atoms with E-state index >= 15 is 0 Å². The van der Waals surface area contributed by atoms with Gasteiger partial charge >= 0.3 is 0 Å². The molecule has 260 valence electrons. The van der Waals surface area contributed by atoms with E-state index in [1.807, 2.05) is 12.1 Å². The highest BCUT2D eigenvalue weighted by atomic mass is 28.4. The molecular weight excluding hydrogens is 635 g/mol. The molecule has 50 heavy (non-hydrogen) atoms. The third kappa shape index (κ3) is 8.26. The van der Waals surface area contributed by atoms with Crippen molar-refractivity contribution in [1.82, 2.24) is 14.9 Å². The van der Waals surface area contributed by atoms with Crippen molar-refractivity contribution in [3.05, 3.63) is 138 Å². The molecule has 0 radical (unpaired) electrons. The summed E-state index contributed by atoms with van der Waals surface area (Å²) in [5, 5.41) is 6.22. The maximum atomic E-state index is 7.34. The first-order chi connectivity index (χ1) is 24.4. The van der Waals surface area contributed by atoms with Crippen LogP contribution in [-0.4, -0.2) is 56.5 Å². The second kappa shape index (κ2) is 16.5. The van der Waals surface area contributed by atoms with Crippen LogP contribution in [0.15, 0.2) is 122 Å². The summed E-state index contributed by atoms with van der Waals surface area (Å²) in [7, 11) is -0.946. The van der Waals surface area contributed by atoms with Crippen molar-refractivity contribution < 1.29 is 9.16 Å². The monoisotopic (exact) mass is 685 g/mol. The van der Waals surface area contributed by atoms with Crippen molar-refractivity contribution >= 4 is 30.3 Å². The normalized spacial score (nSPS) is 14.3. The van der Waals surface area contributed by atoms with Crippen LogP contribution in [0.2, 0.25) is 5.04 Å². The highest BCUT2D eigenvalue weighted by molar-refractivity contribution is 6.99. The summed E-state index contributed by atoms with van der Waals surface area (Å²) in [6.45, 7) is 12.6. The maximum absolute atomic E-state index is 7.34. The fourth-order valence-electron chi connectivity index (χ4n) is 7.19. The van der Waals surface area contributed by atoms with E-state index in [1.165, 1.54) is 15.9 Å². The molecule has 1 aliphatic heterocycles. The number of methoxy groups -OCH3 is 1. The summed E-state index contributed by atoms with van der Waals surface area (Å²) in [5.41, 5.74) is 3.57. The molecule has 0 atom stereocenters. The summed E-state index contributed by atoms with van der Waals surface area (Å²) in [6.07, 6.45) is 3.89. The van der Waals surface area contributed by atoms with Crippen molar-refractivity contribution in [3.8, 4) is 5.75 Å². The zero-order valence-electron chi connectivity index (χ0n) is 30.0. The minimum atomic E-state index is -2.64. The second-order valence-corrected chi connectivity index (χ2v) is 18.4. The highest BCUT2D eigenvalue weighted by Crippen LogP contribution is 2.37. The molecule has 6 rings (SSSR count). The van der Waals surface area contributed by atoms with E-state index in [2.05, 4.69) is 139 Å². The van der Waals surface area contributed by atoms with Crippen molar-refractivity contribution in [1.29, 1.82) is 0 Å². The molecule has 0 fully saturated rings. The Hall–Kier alpha value is -4.50. The molecule has 1 aliphatic rings. The van der Waals surface area contributed by atoms with Crippen molar-refractivity contribution in [3.63, 3.8) is 0 Å². The lowest BCUT2D eigenvalue weighted by Gasteiger charge is -2.43. The number of anilines is 2. The number of aromatic nitrogens is 2. The van der Waals surface area contributed by atoms with Crippen LogP contribution in [0.4, 0.5) is 11.6 Å². The predicted molar refractivity (Wildman–Crippen MR) is 208 cm³/mol. The minimum absolute atomic E-state index is 0.0691. The fourth-order valence-corrected chi connectivity index (χ4v) is 11.7. The Bertz CT molecular complexity index is 1730. The lowest BCUT2D eigenvalue weighted by Crippen LogP contribution is -2.67. The molecule has 0 amide bonds. The van der Waals surface area contributed by atoms with Gasteiger partial charge in [0.1, 0.15) is 23.7 Å². The molecule has 1 aromatic heterocycles. The van der Waals surface area contributed by atoms with Crippen LogP contribution in [0.3, 0.4) is 0 Å². The van der Waals surface area contributed by atoms with Gasteiger partial charge in [-0.2, -0.15) is 0 Å². The number of fused-ring (bicyclic) bond motifs is 1. The van der Waals surface area contributed by atoms with Crippen LogP contribution in [-0.2, 0) is 24.1 Å². The van der Waals surface area contributed by atoms with Gasteiger partial charge in [-0.1, -0.05) is 124 Å². The van der Waals surface area contributed by atoms with Gasteiger partial charge in [0, 0.05) is 39.3 Å². The van der Waals surface area contributed by atoms with E-state index in [9.17, 15) is 0 Å². The van der Waals surface area contributed by atoms with Gasteiger partial charge in [0.25, 0.3) is 8.32 Å². The van der Waals surface area contributed by atoms with Crippen LogP contribution in [0.25, 0.3) is 0 Å². The van der Waals surface area contributed by atoms with Crippen LogP contribution in [0, 0.1) is 0 Å². The number of rotatable bonds is 12. The van der Waals surface area contributed by atoms with Crippen molar-refractivity contribution in [2.75, 3.05) is 43.6 Å². The Balaban J connectivity index is 1.29. The van der Waals surface area contributed by atoms with E-state index in [-0.39, 0.29) is 5.04 Å². The second-order valence-electron chi connectivity index (χ2n) is 14.1. The minimum Gasteiger partial charge on any atom is -0.497 e. The molecule has 0 spiro atoms. The highest BCUT2D eigenvalue weighted by Gasteiger charge is 2.50. The van der Waals surface area contributed by atoms with Crippen LogP contribution in [0.1, 0.15) is 50.3 Å². The van der Waals surface area contributed by atoms with Gasteiger partial charge in [0.15, 0.2) is 0 Å². The average Bonchev–Trinajstić information content (AvgIpc) is 3.23. The zero-order valence-corrected chi connectivity index (χ0v) is 31.0. The van der Waals surface area contributed by atoms with Crippen molar-refractivity contribution in [2.24, 2.45) is 0 Å². The Morgan fingerprint density at radius 1 is 0.740 bits per heavy atom. The van der Waals surface area contributed by atoms with Crippen LogP contribution < -0.4 is 25.3 Å². The average molecular weight is 686 g/mol. The summed E-state index contributed by atoms with van der Waals surface area (Å²) >= 11 is 0. The van der Waals surface area contributed by atoms with Crippen LogP contribution >= 0.6 is 0 Å². The quantitative estimate of drug-likeness (QED) is 0.139. The van der Waals surface area contributed by atoms with Gasteiger partial charge in [-0.05, 0) is 58.1 Å². The number of nitrogens with one attached hydrogen (secondary N) is 1. The first kappa shape index (κ1) is 35.3. The first-order valence-electron chi connectivity index (χ1n) is 17.8. The maximum Gasteiger partial charge on any atom is 0.261 e. The van der Waals surface area contributed by atoms with Crippen molar-refractivity contribution in [2.45, 2.75) is 58.3 Å². The molecule has 0 bridgehead atoms. The van der Waals surface area contributed by atoms with E-state index in [0.717, 1.165) is 74.1 Å². The Kier molecular flexibility index (Phi) is 11.6. The summed E-state index contributed by atoms with van der Waals surface area (Å²) in [4.78, 5) is 14.8. The third-order valence-corrected chi connectivity index (χ3v) is 14.8. The van der Waals surface area contributed by atoms with Gasteiger partial charge in [-0.3, -0.25) is 4.90 Å². The SMILES string of the molecule is COc1ccc(CNc2ncnc3c2CN(CCO[Si](c2ccccc2)(c2ccccc2)C(C)(C)C)CCCCN3Cc2ccccc2)cc1. The summed E-state index contributed by atoms with van der Waals surface area (Å²) in [6, 6.07) is 40.7. The third-order valence-electron chi connectivity index (χ3n) is 9.73. The molecule has 0 saturated heterocycles. The Labute approximate surface area is 299 Å². The molecule has 7 nitrogen and oxygen atoms in total. The van der Waals surface area contributed by atoms with E-state index in [0.29, 0.717) is 13.2 Å². The Morgan fingerprint density at radius 3 is 1.98 bits per heavy atom. The molecular formula is C42H51N5O2Si. The van der Waals surface area contributed by atoms with Crippen LogP contribution in [0.5, 0.6) is 5.75 Å². The van der Waals surface area contributed by atoms with Gasteiger partial charge in [0.2, 0.25) is 0 Å². The predicted octanol–water partition coefficient (Wildman–Crippen LogP) is 7.28. The van der Waals surface area contributed by atoms with Gasteiger partial charge in [-0.15, -0.1) is 0 Å². The van der Waals surface area contributed by atoms with E-state index < -0.39 is 8.32 Å².